The van der Waals surface area contributed by atoms with E-state index in [9.17, 15) is 18.0 Å². The van der Waals surface area contributed by atoms with Crippen molar-refractivity contribution in [3.63, 3.8) is 0 Å². The maximum Gasteiger partial charge on any atom is 0.237 e. The predicted molar refractivity (Wildman–Crippen MR) is 167 cm³/mol. The third kappa shape index (κ3) is 6.35. The molecule has 2 heterocycles. The summed E-state index contributed by atoms with van der Waals surface area (Å²) in [6, 6.07) is 5.16. The molecule has 0 radical (unpaired) electrons. The van der Waals surface area contributed by atoms with Crippen LogP contribution in [0.5, 0.6) is 0 Å². The second kappa shape index (κ2) is 12.1. The number of carbonyl (C=O) groups is 2. The van der Waals surface area contributed by atoms with E-state index in [4.69, 9.17) is 23.2 Å². The van der Waals surface area contributed by atoms with Gasteiger partial charge in [-0.05, 0) is 72.8 Å². The van der Waals surface area contributed by atoms with Crippen LogP contribution >= 0.6 is 23.2 Å². The molecule has 3 aliphatic rings. The van der Waals surface area contributed by atoms with Crippen molar-refractivity contribution in [2.24, 2.45) is 11.3 Å². The molecular weight excluding hydrogens is 633 g/mol. The molecule has 1 saturated carbocycles. The van der Waals surface area contributed by atoms with Gasteiger partial charge in [-0.15, -0.1) is 0 Å². The average Bonchev–Trinajstić information content (AvgIpc) is 3.55. The van der Waals surface area contributed by atoms with E-state index in [1.54, 1.807) is 6.07 Å². The molecule has 0 bridgehead atoms. The number of amides is 2. The molecule has 2 aromatic rings. The van der Waals surface area contributed by atoms with E-state index < -0.39 is 56.9 Å². The number of hydrogen-bond donors (Lipinski definition) is 4. The Bertz CT molecular complexity index is 1580. The summed E-state index contributed by atoms with van der Waals surface area (Å²) in [5.74, 6) is -3.25. The van der Waals surface area contributed by atoms with E-state index >= 15 is 8.78 Å². The molecule has 2 aliphatic heterocycles. The Balaban J connectivity index is 1.51. The number of rotatable bonds is 8. The van der Waals surface area contributed by atoms with Crippen LogP contribution in [0.1, 0.15) is 69.9 Å². The van der Waals surface area contributed by atoms with Crippen LogP contribution in [-0.4, -0.2) is 51.2 Å². The summed E-state index contributed by atoms with van der Waals surface area (Å²) in [5.41, 5.74) is -1.20. The van der Waals surface area contributed by atoms with Crippen LogP contribution in [0, 0.1) is 23.0 Å². The Kier molecular flexibility index (Phi) is 9.12. The van der Waals surface area contributed by atoms with E-state index in [-0.39, 0.29) is 33.0 Å². The Labute approximate surface area is 267 Å². The fourth-order valence-corrected chi connectivity index (χ4v) is 8.59. The van der Waals surface area contributed by atoms with Crippen LogP contribution in [0.25, 0.3) is 0 Å². The van der Waals surface area contributed by atoms with Crippen LogP contribution in [-0.2, 0) is 25.0 Å². The standard InChI is InChI=1S/C31H38Cl2F2N4O4S/c1-30(2,3)15-24-31(19-13-22(34)21(33)14-23(19)37-29(31)41)25(18-6-5-7-20(32)26(18)35)27(38-24)28(40)36-11-10-16-8-9-17(12-16)39-44(4,42)43/h5-7,13-14,16-17,24-25,27,38-39H,8-12,15H2,1-4H3,(H,36,40)(H,37,41)/t16-,17+,24-,25+,27-,31+/m1/s1. The molecule has 1 aliphatic carbocycles. The lowest BCUT2D eigenvalue weighted by molar-refractivity contribution is -0.123. The molecule has 0 aromatic heterocycles. The number of hydrogen-bond acceptors (Lipinski definition) is 5. The lowest BCUT2D eigenvalue weighted by atomic mass is 9.62. The Hall–Kier alpha value is -2.31. The highest BCUT2D eigenvalue weighted by molar-refractivity contribution is 7.88. The van der Waals surface area contributed by atoms with Crippen molar-refractivity contribution in [1.82, 2.24) is 15.4 Å². The molecule has 1 spiro atoms. The molecule has 240 valence electrons. The lowest BCUT2D eigenvalue weighted by Gasteiger charge is -2.37. The molecule has 2 fully saturated rings. The number of carbonyl (C=O) groups excluding carboxylic acids is 2. The highest BCUT2D eigenvalue weighted by Gasteiger charge is 2.66. The van der Waals surface area contributed by atoms with Crippen molar-refractivity contribution in [3.8, 4) is 0 Å². The molecule has 44 heavy (non-hydrogen) atoms. The molecule has 2 aromatic carbocycles. The first-order chi connectivity index (χ1) is 20.5. The van der Waals surface area contributed by atoms with Gasteiger partial charge in [0.1, 0.15) is 17.0 Å². The highest BCUT2D eigenvalue weighted by Crippen LogP contribution is 2.57. The zero-order valence-corrected chi connectivity index (χ0v) is 27.4. The fraction of sp³-hybridized carbons (Fsp3) is 0.548. The second-order valence-electron chi connectivity index (χ2n) is 13.6. The molecule has 5 rings (SSSR count). The normalized spacial score (nSPS) is 28.4. The summed E-state index contributed by atoms with van der Waals surface area (Å²) in [7, 11) is -3.31. The quantitative estimate of drug-likeness (QED) is 0.306. The van der Waals surface area contributed by atoms with Gasteiger partial charge in [0.2, 0.25) is 21.8 Å². The number of halogens is 4. The van der Waals surface area contributed by atoms with E-state index in [0.717, 1.165) is 19.1 Å². The maximum absolute atomic E-state index is 15.9. The summed E-state index contributed by atoms with van der Waals surface area (Å²) in [6.07, 6.45) is 4.38. The molecule has 6 atom stereocenters. The van der Waals surface area contributed by atoms with Gasteiger partial charge in [0, 0.05) is 30.2 Å². The molecule has 4 N–H and O–H groups in total. The van der Waals surface area contributed by atoms with Crippen molar-refractivity contribution in [3.05, 3.63) is 63.1 Å². The smallest absolute Gasteiger partial charge is 0.237 e. The summed E-state index contributed by atoms with van der Waals surface area (Å²) >= 11 is 12.3. The van der Waals surface area contributed by atoms with Crippen molar-refractivity contribution in [1.29, 1.82) is 0 Å². The Morgan fingerprint density at radius 3 is 2.55 bits per heavy atom. The average molecular weight is 672 g/mol. The number of nitrogens with one attached hydrogen (secondary N) is 4. The largest absolute Gasteiger partial charge is 0.355 e. The lowest BCUT2D eigenvalue weighted by Crippen LogP contribution is -2.49. The van der Waals surface area contributed by atoms with Crippen molar-refractivity contribution < 1.29 is 26.8 Å². The molecule has 0 unspecified atom stereocenters. The minimum atomic E-state index is -3.31. The van der Waals surface area contributed by atoms with Gasteiger partial charge in [-0.1, -0.05) is 56.1 Å². The van der Waals surface area contributed by atoms with Gasteiger partial charge in [-0.2, -0.15) is 0 Å². The number of benzene rings is 2. The first kappa shape index (κ1) is 33.1. The summed E-state index contributed by atoms with van der Waals surface area (Å²) in [4.78, 5) is 28.2. The number of fused-ring (bicyclic) bond motifs is 2. The molecular formula is C31H38Cl2F2N4O4S. The van der Waals surface area contributed by atoms with Gasteiger partial charge in [-0.3, -0.25) is 9.59 Å². The van der Waals surface area contributed by atoms with Crippen molar-refractivity contribution in [2.75, 3.05) is 18.1 Å². The van der Waals surface area contributed by atoms with E-state index in [1.165, 1.54) is 24.3 Å². The third-order valence-electron chi connectivity index (χ3n) is 9.07. The van der Waals surface area contributed by atoms with Gasteiger partial charge in [-0.25, -0.2) is 21.9 Å². The van der Waals surface area contributed by atoms with Gasteiger partial charge in [0.05, 0.1) is 22.3 Å². The molecule has 2 amide bonds. The monoisotopic (exact) mass is 670 g/mol. The maximum atomic E-state index is 15.9. The molecule has 13 heteroatoms. The summed E-state index contributed by atoms with van der Waals surface area (Å²) < 4.78 is 56.8. The van der Waals surface area contributed by atoms with Gasteiger partial charge >= 0.3 is 0 Å². The third-order valence-corrected chi connectivity index (χ3v) is 10.4. The Morgan fingerprint density at radius 1 is 1.14 bits per heavy atom. The van der Waals surface area contributed by atoms with E-state index in [1.807, 2.05) is 20.8 Å². The SMILES string of the molecule is CC(C)(C)C[C@H]1N[C@@H](C(=O)NCC[C@H]2CC[C@H](NS(C)(=O)=O)C2)[C@H](c2cccc(Cl)c2F)[C@@]12C(=O)Nc1cc(Cl)c(F)cc12. The van der Waals surface area contributed by atoms with Crippen molar-refractivity contribution in [2.45, 2.75) is 82.3 Å². The van der Waals surface area contributed by atoms with Crippen LogP contribution in [0.3, 0.4) is 0 Å². The van der Waals surface area contributed by atoms with E-state index in [2.05, 4.69) is 20.7 Å². The van der Waals surface area contributed by atoms with Crippen molar-refractivity contribution >= 4 is 50.7 Å². The Morgan fingerprint density at radius 2 is 1.86 bits per heavy atom. The summed E-state index contributed by atoms with van der Waals surface area (Å²) in [5, 5.41) is 8.87. The first-order valence-corrected chi connectivity index (χ1v) is 17.4. The van der Waals surface area contributed by atoms with Crippen LogP contribution in [0.2, 0.25) is 10.0 Å². The zero-order valence-electron chi connectivity index (χ0n) is 25.1. The molecule has 1 saturated heterocycles. The van der Waals surface area contributed by atoms with Crippen LogP contribution in [0.4, 0.5) is 14.5 Å². The van der Waals surface area contributed by atoms with E-state index in [0.29, 0.717) is 37.1 Å². The topological polar surface area (TPSA) is 116 Å². The zero-order chi connectivity index (χ0) is 32.2. The minimum Gasteiger partial charge on any atom is -0.355 e. The van der Waals surface area contributed by atoms with Gasteiger partial charge < -0.3 is 16.0 Å². The van der Waals surface area contributed by atoms with Crippen LogP contribution < -0.4 is 20.7 Å². The fourth-order valence-electron chi connectivity index (χ4n) is 7.42. The minimum absolute atomic E-state index is 0.0744. The predicted octanol–water partition coefficient (Wildman–Crippen LogP) is 5.25. The number of anilines is 1. The van der Waals surface area contributed by atoms with Crippen LogP contribution in [0.15, 0.2) is 30.3 Å². The van der Waals surface area contributed by atoms with Gasteiger partial charge in [0.25, 0.3) is 0 Å². The van der Waals surface area contributed by atoms with Gasteiger partial charge in [0.15, 0.2) is 0 Å². The number of sulfonamides is 1. The molecule has 8 nitrogen and oxygen atoms in total. The first-order valence-electron chi connectivity index (χ1n) is 14.8. The summed E-state index contributed by atoms with van der Waals surface area (Å²) in [6.45, 7) is 6.29. The second-order valence-corrected chi connectivity index (χ2v) is 16.2. The highest BCUT2D eigenvalue weighted by atomic mass is 35.5.